The first kappa shape index (κ1) is 20.1. The Labute approximate surface area is 178 Å². The van der Waals surface area contributed by atoms with Crippen molar-refractivity contribution in [2.24, 2.45) is 7.05 Å². The van der Waals surface area contributed by atoms with Crippen LogP contribution in [-0.4, -0.2) is 36.4 Å². The third kappa shape index (κ3) is 4.36. The number of hydrogen-bond donors (Lipinski definition) is 1. The van der Waals surface area contributed by atoms with Crippen molar-refractivity contribution in [3.63, 3.8) is 0 Å². The number of anilines is 1. The quantitative estimate of drug-likeness (QED) is 0.453. The fourth-order valence-corrected chi connectivity index (χ4v) is 4.04. The van der Waals surface area contributed by atoms with Crippen molar-refractivity contribution in [1.29, 1.82) is 0 Å². The number of carbonyl (C=O) groups excluding carboxylic acids is 1. The molecule has 0 saturated heterocycles. The summed E-state index contributed by atoms with van der Waals surface area (Å²) < 4.78 is 28.3. The molecule has 0 atom stereocenters. The van der Waals surface area contributed by atoms with Gasteiger partial charge in [-0.3, -0.25) is 9.78 Å². The average Bonchev–Trinajstić information content (AvgIpc) is 3.36. The van der Waals surface area contributed by atoms with Crippen LogP contribution in [0.4, 0.5) is 13.9 Å². The summed E-state index contributed by atoms with van der Waals surface area (Å²) in [6.07, 6.45) is 3.35. The van der Waals surface area contributed by atoms with Crippen molar-refractivity contribution in [2.45, 2.75) is 5.16 Å². The molecule has 0 bridgehead atoms. The minimum atomic E-state index is -0.947. The van der Waals surface area contributed by atoms with Crippen LogP contribution in [0.15, 0.2) is 53.3 Å². The van der Waals surface area contributed by atoms with E-state index in [1.54, 1.807) is 22.3 Å². The molecule has 0 aliphatic rings. The van der Waals surface area contributed by atoms with Gasteiger partial charge in [-0.25, -0.2) is 13.8 Å². The molecule has 0 aliphatic carbocycles. The molecule has 4 rings (SSSR count). The van der Waals surface area contributed by atoms with Crippen molar-refractivity contribution in [3.8, 4) is 22.6 Å². The van der Waals surface area contributed by atoms with Gasteiger partial charge in [0.1, 0.15) is 0 Å². The smallest absolute Gasteiger partial charge is 0.236 e. The minimum absolute atomic E-state index is 0.114. The van der Waals surface area contributed by atoms with E-state index in [9.17, 15) is 13.6 Å². The number of rotatable bonds is 6. The van der Waals surface area contributed by atoms with Gasteiger partial charge in [0.25, 0.3) is 0 Å². The first-order chi connectivity index (χ1) is 14.5. The normalized spacial score (nSPS) is 10.9. The Morgan fingerprint density at radius 2 is 1.93 bits per heavy atom. The minimum Gasteiger partial charge on any atom is -0.305 e. The summed E-state index contributed by atoms with van der Waals surface area (Å²) in [7, 11) is 1.82. The van der Waals surface area contributed by atoms with E-state index in [2.05, 4.69) is 25.5 Å². The number of thioether (sulfide) groups is 1. The number of aromatic nitrogens is 5. The van der Waals surface area contributed by atoms with Gasteiger partial charge in [0, 0.05) is 35.9 Å². The zero-order valence-electron chi connectivity index (χ0n) is 15.5. The molecule has 3 aromatic heterocycles. The Morgan fingerprint density at radius 1 is 1.13 bits per heavy atom. The number of halogens is 2. The van der Waals surface area contributed by atoms with Crippen LogP contribution in [0, 0.1) is 11.6 Å². The molecule has 4 aromatic rings. The molecule has 1 aromatic carbocycles. The highest BCUT2D eigenvalue weighted by molar-refractivity contribution is 7.99. The van der Waals surface area contributed by atoms with Crippen molar-refractivity contribution in [1.82, 2.24) is 24.7 Å². The van der Waals surface area contributed by atoms with E-state index in [0.717, 1.165) is 17.7 Å². The molecule has 11 heteroatoms. The number of nitrogens with one attached hydrogen (secondary N) is 1. The van der Waals surface area contributed by atoms with Crippen molar-refractivity contribution < 1.29 is 13.6 Å². The van der Waals surface area contributed by atoms with Gasteiger partial charge in [0.2, 0.25) is 5.91 Å². The van der Waals surface area contributed by atoms with E-state index in [1.807, 2.05) is 19.2 Å². The predicted octanol–water partition coefficient (Wildman–Crippen LogP) is 4.01. The fraction of sp³-hybridized carbons (Fsp3) is 0.105. The molecule has 152 valence electrons. The van der Waals surface area contributed by atoms with Crippen LogP contribution in [0.2, 0.25) is 0 Å². The maximum Gasteiger partial charge on any atom is 0.236 e. The molecule has 0 fully saturated rings. The summed E-state index contributed by atoms with van der Waals surface area (Å²) in [5.41, 5.74) is 1.77. The molecule has 3 heterocycles. The lowest BCUT2D eigenvalue weighted by Gasteiger charge is -2.04. The highest BCUT2D eigenvalue weighted by atomic mass is 32.2. The van der Waals surface area contributed by atoms with Crippen LogP contribution in [0.3, 0.4) is 0 Å². The Balaban J connectivity index is 1.37. The molecule has 7 nitrogen and oxygen atoms in total. The van der Waals surface area contributed by atoms with Gasteiger partial charge in [0.05, 0.1) is 11.4 Å². The summed E-state index contributed by atoms with van der Waals surface area (Å²) in [5, 5.41) is 13.6. The zero-order chi connectivity index (χ0) is 21.1. The zero-order valence-corrected chi connectivity index (χ0v) is 17.2. The first-order valence-electron chi connectivity index (χ1n) is 8.64. The molecule has 1 amide bonds. The number of amides is 1. The Morgan fingerprint density at radius 3 is 2.70 bits per heavy atom. The Bertz CT molecular complexity index is 1190. The molecule has 0 unspecified atom stereocenters. The highest BCUT2D eigenvalue weighted by Gasteiger charge is 2.14. The van der Waals surface area contributed by atoms with E-state index in [1.165, 1.54) is 29.2 Å². The molecule has 0 radical (unpaired) electrons. The summed E-state index contributed by atoms with van der Waals surface area (Å²) in [6.45, 7) is 0. The summed E-state index contributed by atoms with van der Waals surface area (Å²) >= 11 is 2.45. The van der Waals surface area contributed by atoms with E-state index in [4.69, 9.17) is 0 Å². The fourth-order valence-electron chi connectivity index (χ4n) is 2.60. The average molecular weight is 444 g/mol. The summed E-state index contributed by atoms with van der Waals surface area (Å²) in [6, 6.07) is 7.21. The number of benzene rings is 1. The number of pyridine rings is 1. The third-order valence-corrected chi connectivity index (χ3v) is 5.85. The third-order valence-electron chi connectivity index (χ3n) is 4.07. The van der Waals surface area contributed by atoms with Gasteiger partial charge in [0.15, 0.2) is 27.7 Å². The van der Waals surface area contributed by atoms with E-state index >= 15 is 0 Å². The lowest BCUT2D eigenvalue weighted by molar-refractivity contribution is -0.113. The van der Waals surface area contributed by atoms with Crippen LogP contribution < -0.4 is 5.32 Å². The maximum atomic E-state index is 13.4. The number of hydrogen-bond acceptors (Lipinski definition) is 7. The van der Waals surface area contributed by atoms with Crippen molar-refractivity contribution in [2.75, 3.05) is 11.1 Å². The maximum absolute atomic E-state index is 13.4. The number of carbonyl (C=O) groups is 1. The topological polar surface area (TPSA) is 85.6 Å². The molecule has 0 spiro atoms. The lowest BCUT2D eigenvalue weighted by Crippen LogP contribution is -2.14. The van der Waals surface area contributed by atoms with Gasteiger partial charge in [-0.15, -0.1) is 21.5 Å². The molecule has 1 N–H and O–H groups in total. The number of thiazole rings is 1. The molecule has 30 heavy (non-hydrogen) atoms. The van der Waals surface area contributed by atoms with Crippen molar-refractivity contribution in [3.05, 3.63) is 59.7 Å². The van der Waals surface area contributed by atoms with E-state index < -0.39 is 11.6 Å². The molecular weight excluding hydrogens is 430 g/mol. The molecular formula is C19H14F2N6OS2. The Hall–Kier alpha value is -3.18. The molecule has 0 aliphatic heterocycles. The van der Waals surface area contributed by atoms with E-state index in [0.29, 0.717) is 27.4 Å². The highest BCUT2D eigenvalue weighted by Crippen LogP contribution is 2.27. The van der Waals surface area contributed by atoms with E-state index in [-0.39, 0.29) is 11.7 Å². The van der Waals surface area contributed by atoms with Crippen LogP contribution >= 0.6 is 23.1 Å². The predicted molar refractivity (Wildman–Crippen MR) is 111 cm³/mol. The van der Waals surface area contributed by atoms with Crippen LogP contribution in [0.5, 0.6) is 0 Å². The standard InChI is InChI=1S/C19H14F2N6OS2/c1-27-17(11-4-6-22-7-5-11)25-26-19(27)30-10-16(28)24-18-23-15(9-29-18)12-2-3-13(20)14(21)8-12/h2-9H,10H2,1H3,(H,23,24,28). The largest absolute Gasteiger partial charge is 0.305 e. The second-order valence-electron chi connectivity index (χ2n) is 6.10. The van der Waals surface area contributed by atoms with Gasteiger partial charge < -0.3 is 9.88 Å². The Kier molecular flexibility index (Phi) is 5.81. The van der Waals surface area contributed by atoms with Crippen LogP contribution in [0.1, 0.15) is 0 Å². The number of nitrogens with zero attached hydrogens (tertiary/aromatic N) is 5. The SMILES string of the molecule is Cn1c(SCC(=O)Nc2nc(-c3ccc(F)c(F)c3)cs2)nnc1-c1ccncc1. The van der Waals surface area contributed by atoms with Crippen LogP contribution in [-0.2, 0) is 11.8 Å². The van der Waals surface area contributed by atoms with Gasteiger partial charge in [-0.1, -0.05) is 11.8 Å². The second kappa shape index (κ2) is 8.67. The summed E-state index contributed by atoms with van der Waals surface area (Å²) in [4.78, 5) is 20.5. The van der Waals surface area contributed by atoms with Gasteiger partial charge >= 0.3 is 0 Å². The molecule has 0 saturated carbocycles. The second-order valence-corrected chi connectivity index (χ2v) is 7.91. The van der Waals surface area contributed by atoms with Crippen LogP contribution in [0.25, 0.3) is 22.6 Å². The van der Waals surface area contributed by atoms with Crippen molar-refractivity contribution >= 4 is 34.1 Å². The monoisotopic (exact) mass is 444 g/mol. The van der Waals surface area contributed by atoms with Gasteiger partial charge in [-0.2, -0.15) is 0 Å². The first-order valence-corrected chi connectivity index (χ1v) is 10.5. The lowest BCUT2D eigenvalue weighted by atomic mass is 10.2. The summed E-state index contributed by atoms with van der Waals surface area (Å²) in [5.74, 6) is -1.34. The van der Waals surface area contributed by atoms with Gasteiger partial charge in [-0.05, 0) is 30.3 Å².